The van der Waals surface area contributed by atoms with Crippen molar-refractivity contribution in [3.63, 3.8) is 0 Å². The molecule has 0 unspecified atom stereocenters. The van der Waals surface area contributed by atoms with Crippen LogP contribution in [0.15, 0.2) is 0 Å². The second kappa shape index (κ2) is 8.89. The van der Waals surface area contributed by atoms with Crippen LogP contribution in [0.5, 0.6) is 0 Å². The minimum absolute atomic E-state index is 0. The van der Waals surface area contributed by atoms with E-state index in [1.165, 1.54) is 6.42 Å². The van der Waals surface area contributed by atoms with E-state index in [0.717, 1.165) is 0 Å². The van der Waals surface area contributed by atoms with E-state index in [1.807, 2.05) is 0 Å². The maximum absolute atomic E-state index is 2.12. The van der Waals surface area contributed by atoms with Gasteiger partial charge < -0.3 is 0 Å². The van der Waals surface area contributed by atoms with Crippen molar-refractivity contribution < 1.29 is 35.6 Å². The van der Waals surface area contributed by atoms with Gasteiger partial charge in [0.25, 0.3) is 0 Å². The molecule has 0 fully saturated rings. The molecular weight excluding hydrogens is 175 g/mol. The molecule has 0 atom stereocenters. The van der Waals surface area contributed by atoms with Gasteiger partial charge in [0.2, 0.25) is 0 Å². The first kappa shape index (κ1) is 8.96. The molecular formula is C3H8La. The summed E-state index contributed by atoms with van der Waals surface area (Å²) in [6, 6.07) is 0. The van der Waals surface area contributed by atoms with E-state index in [1.54, 1.807) is 0 Å². The zero-order valence-electron chi connectivity index (χ0n) is 3.28. The molecule has 0 aromatic carbocycles. The predicted molar refractivity (Wildman–Crippen MR) is 16.0 cm³/mol. The molecule has 0 spiro atoms. The Kier molecular flexibility index (Phi) is 19.9. The van der Waals surface area contributed by atoms with E-state index in [4.69, 9.17) is 0 Å². The van der Waals surface area contributed by atoms with Crippen LogP contribution >= 0.6 is 0 Å². The minimum Gasteiger partial charge on any atom is -0.0656 e. The third-order valence-electron chi connectivity index (χ3n) is 0. The van der Waals surface area contributed by atoms with Gasteiger partial charge in [-0.15, -0.1) is 0 Å². The van der Waals surface area contributed by atoms with Crippen LogP contribution in [0.3, 0.4) is 0 Å². The molecule has 0 saturated carbocycles. The fourth-order valence-electron chi connectivity index (χ4n) is 0. The Morgan fingerprint density at radius 3 is 1.25 bits per heavy atom. The summed E-state index contributed by atoms with van der Waals surface area (Å²) >= 11 is 0. The molecule has 0 nitrogen and oxygen atoms in total. The fourth-order valence-corrected chi connectivity index (χ4v) is 0. The molecule has 0 aliphatic rings. The molecule has 0 bridgehead atoms. The van der Waals surface area contributed by atoms with Gasteiger partial charge in [-0.05, 0) is 0 Å². The zero-order chi connectivity index (χ0) is 2.71. The number of hydrogen-bond acceptors (Lipinski definition) is 0. The standard InChI is InChI=1S/C3H8.La/c1-3-2;/h3H2,1-2H3;. The van der Waals surface area contributed by atoms with Gasteiger partial charge in [0.1, 0.15) is 0 Å². The van der Waals surface area contributed by atoms with Crippen molar-refractivity contribution in [1.82, 2.24) is 0 Å². The van der Waals surface area contributed by atoms with Gasteiger partial charge in [-0.3, -0.25) is 0 Å². The van der Waals surface area contributed by atoms with E-state index in [-0.39, 0.29) is 35.6 Å². The summed E-state index contributed by atoms with van der Waals surface area (Å²) in [6.45, 7) is 4.25. The molecule has 0 aliphatic heterocycles. The molecule has 0 aliphatic carbocycles. The molecule has 0 N–H and O–H groups in total. The molecule has 23 valence electrons. The van der Waals surface area contributed by atoms with Crippen LogP contribution in [0, 0.1) is 35.6 Å². The summed E-state index contributed by atoms with van der Waals surface area (Å²) in [5, 5.41) is 0. The Labute approximate surface area is 55.6 Å². The van der Waals surface area contributed by atoms with Gasteiger partial charge in [-0.2, -0.15) is 0 Å². The van der Waals surface area contributed by atoms with Gasteiger partial charge >= 0.3 is 0 Å². The Morgan fingerprint density at radius 2 is 1.25 bits per heavy atom. The average Bonchev–Trinajstić information content (AvgIpc) is 0.918. The molecule has 4 heavy (non-hydrogen) atoms. The van der Waals surface area contributed by atoms with Gasteiger partial charge in [-0.1, -0.05) is 20.3 Å². The smallest absolute Gasteiger partial charge is 0 e. The normalized spacial score (nSPS) is 4.50. The summed E-state index contributed by atoms with van der Waals surface area (Å²) in [5.74, 6) is 0. The molecule has 0 saturated heterocycles. The van der Waals surface area contributed by atoms with Crippen LogP contribution in [0.1, 0.15) is 20.3 Å². The van der Waals surface area contributed by atoms with Crippen molar-refractivity contribution in [2.75, 3.05) is 0 Å². The van der Waals surface area contributed by atoms with Crippen molar-refractivity contribution in [2.24, 2.45) is 0 Å². The predicted octanol–water partition coefficient (Wildman–Crippen LogP) is 1.42. The monoisotopic (exact) mass is 183 g/mol. The summed E-state index contributed by atoms with van der Waals surface area (Å²) in [6.07, 6.45) is 1.25. The second-order valence-corrected chi connectivity index (χ2v) is 0.707. The first-order chi connectivity index (χ1) is 1.41. The van der Waals surface area contributed by atoms with E-state index in [2.05, 4.69) is 13.8 Å². The first-order valence-corrected chi connectivity index (χ1v) is 1.41. The fraction of sp³-hybridized carbons (Fsp3) is 1.00. The average molecular weight is 183 g/mol. The largest absolute Gasteiger partial charge is 0.0656 e. The van der Waals surface area contributed by atoms with Crippen LogP contribution < -0.4 is 0 Å². The van der Waals surface area contributed by atoms with Crippen molar-refractivity contribution in [3.8, 4) is 0 Å². The van der Waals surface area contributed by atoms with E-state index < -0.39 is 0 Å². The summed E-state index contributed by atoms with van der Waals surface area (Å²) in [7, 11) is 0. The number of rotatable bonds is 0. The van der Waals surface area contributed by atoms with Crippen LogP contribution in [0.4, 0.5) is 0 Å². The molecule has 0 aromatic heterocycles. The molecule has 0 heterocycles. The molecule has 0 rings (SSSR count). The summed E-state index contributed by atoms with van der Waals surface area (Å²) in [5.41, 5.74) is 0. The van der Waals surface area contributed by atoms with E-state index in [9.17, 15) is 0 Å². The zero-order valence-corrected chi connectivity index (χ0v) is 6.91. The Morgan fingerprint density at radius 1 is 1.25 bits per heavy atom. The molecule has 1 heteroatoms. The van der Waals surface area contributed by atoms with E-state index in [0.29, 0.717) is 0 Å². The molecule has 0 amide bonds. The van der Waals surface area contributed by atoms with Crippen molar-refractivity contribution in [2.45, 2.75) is 20.3 Å². The number of hydrogen-bond donors (Lipinski definition) is 0. The summed E-state index contributed by atoms with van der Waals surface area (Å²) < 4.78 is 0. The quantitative estimate of drug-likeness (QED) is 0.532. The van der Waals surface area contributed by atoms with Gasteiger partial charge in [0, 0.05) is 35.6 Å². The molecule has 0 aromatic rings. The first-order valence-electron chi connectivity index (χ1n) is 1.41. The van der Waals surface area contributed by atoms with Crippen LogP contribution in [-0.2, 0) is 0 Å². The second-order valence-electron chi connectivity index (χ2n) is 0.707. The topological polar surface area (TPSA) is 0 Å². The third kappa shape index (κ3) is 10.8. The van der Waals surface area contributed by atoms with Gasteiger partial charge in [0.15, 0.2) is 0 Å². The Hall–Kier alpha value is 1.19. The summed E-state index contributed by atoms with van der Waals surface area (Å²) in [4.78, 5) is 0. The van der Waals surface area contributed by atoms with Gasteiger partial charge in [-0.25, -0.2) is 0 Å². The molecule has 1 radical (unpaired) electrons. The van der Waals surface area contributed by atoms with Crippen LogP contribution in [0.2, 0.25) is 0 Å². The van der Waals surface area contributed by atoms with Crippen LogP contribution in [-0.4, -0.2) is 0 Å². The Balaban J connectivity index is 0. The van der Waals surface area contributed by atoms with Crippen molar-refractivity contribution in [3.05, 3.63) is 0 Å². The Bertz CT molecular complexity index is 3.25. The van der Waals surface area contributed by atoms with Crippen molar-refractivity contribution >= 4 is 0 Å². The SMILES string of the molecule is CCC.[La]. The van der Waals surface area contributed by atoms with E-state index >= 15 is 0 Å². The maximum Gasteiger partial charge on any atom is 0 e. The van der Waals surface area contributed by atoms with Crippen LogP contribution in [0.25, 0.3) is 0 Å². The third-order valence-corrected chi connectivity index (χ3v) is 0. The van der Waals surface area contributed by atoms with Gasteiger partial charge in [0.05, 0.1) is 0 Å². The maximum atomic E-state index is 2.12. The van der Waals surface area contributed by atoms with Crippen molar-refractivity contribution in [1.29, 1.82) is 0 Å². The minimum atomic E-state index is 0.